The largest absolute Gasteiger partial charge is 0.497 e. The highest BCUT2D eigenvalue weighted by molar-refractivity contribution is 6.18. The first-order chi connectivity index (χ1) is 9.71. The first-order valence-corrected chi connectivity index (χ1v) is 7.18. The Morgan fingerprint density at radius 3 is 2.35 bits per heavy atom. The van der Waals surface area contributed by atoms with Crippen LogP contribution in [0.2, 0.25) is 0 Å². The maximum absolute atomic E-state index is 13.2. The van der Waals surface area contributed by atoms with Crippen molar-refractivity contribution in [1.82, 2.24) is 0 Å². The molecule has 0 spiro atoms. The maximum atomic E-state index is 13.2. The van der Waals surface area contributed by atoms with Crippen molar-refractivity contribution in [3.8, 4) is 5.75 Å². The van der Waals surface area contributed by atoms with E-state index in [-0.39, 0.29) is 5.82 Å². The van der Waals surface area contributed by atoms with E-state index in [4.69, 9.17) is 16.3 Å². The van der Waals surface area contributed by atoms with Crippen LogP contribution in [0, 0.1) is 11.7 Å². The Bertz CT molecular complexity index is 539. The van der Waals surface area contributed by atoms with Crippen LogP contribution in [-0.2, 0) is 12.8 Å². The van der Waals surface area contributed by atoms with Gasteiger partial charge in [0.15, 0.2) is 0 Å². The van der Waals surface area contributed by atoms with Crippen LogP contribution in [0.1, 0.15) is 11.1 Å². The van der Waals surface area contributed by atoms with Crippen molar-refractivity contribution in [2.75, 3.05) is 13.0 Å². The monoisotopic (exact) mass is 292 g/mol. The van der Waals surface area contributed by atoms with Crippen LogP contribution in [0.3, 0.4) is 0 Å². The molecule has 0 aliphatic rings. The number of benzene rings is 2. The molecule has 2 aromatic rings. The van der Waals surface area contributed by atoms with Crippen LogP contribution >= 0.6 is 11.6 Å². The normalized spacial score (nSPS) is 12.2. The Morgan fingerprint density at radius 1 is 1.05 bits per heavy atom. The second-order valence-electron chi connectivity index (χ2n) is 4.91. The van der Waals surface area contributed by atoms with E-state index >= 15 is 0 Å². The summed E-state index contributed by atoms with van der Waals surface area (Å²) in [6.45, 7) is 0. The van der Waals surface area contributed by atoms with E-state index in [0.29, 0.717) is 11.8 Å². The fraction of sp³-hybridized carbons (Fsp3) is 0.294. The average molecular weight is 293 g/mol. The zero-order valence-electron chi connectivity index (χ0n) is 11.5. The quantitative estimate of drug-likeness (QED) is 0.714. The van der Waals surface area contributed by atoms with Gasteiger partial charge in [-0.05, 0) is 54.2 Å². The SMILES string of the molecule is COc1ccc(CC(CCl)Cc2cccc(F)c2)cc1. The van der Waals surface area contributed by atoms with Crippen molar-refractivity contribution in [3.63, 3.8) is 0 Å². The molecule has 2 rings (SSSR count). The van der Waals surface area contributed by atoms with Crippen molar-refractivity contribution in [1.29, 1.82) is 0 Å². The molecule has 0 fully saturated rings. The van der Waals surface area contributed by atoms with Crippen molar-refractivity contribution in [3.05, 3.63) is 65.5 Å². The van der Waals surface area contributed by atoms with E-state index in [9.17, 15) is 4.39 Å². The standard InChI is InChI=1S/C17H18ClFO/c1-20-17-7-5-13(6-8-17)9-15(12-18)10-14-3-2-4-16(19)11-14/h2-8,11,15H,9-10,12H2,1H3. The highest BCUT2D eigenvalue weighted by Crippen LogP contribution is 2.19. The highest BCUT2D eigenvalue weighted by Gasteiger charge is 2.10. The van der Waals surface area contributed by atoms with Crippen LogP contribution in [0.5, 0.6) is 5.75 Å². The molecule has 0 bridgehead atoms. The maximum Gasteiger partial charge on any atom is 0.123 e. The lowest BCUT2D eigenvalue weighted by molar-refractivity contribution is 0.414. The van der Waals surface area contributed by atoms with Crippen molar-refractivity contribution in [2.24, 2.45) is 5.92 Å². The van der Waals surface area contributed by atoms with E-state index in [1.54, 1.807) is 19.2 Å². The molecule has 20 heavy (non-hydrogen) atoms. The number of hydrogen-bond acceptors (Lipinski definition) is 1. The Hall–Kier alpha value is -1.54. The zero-order chi connectivity index (χ0) is 14.4. The minimum Gasteiger partial charge on any atom is -0.497 e. The van der Waals surface area contributed by atoms with Crippen LogP contribution in [0.25, 0.3) is 0 Å². The van der Waals surface area contributed by atoms with E-state index in [1.165, 1.54) is 11.6 Å². The fourth-order valence-electron chi connectivity index (χ4n) is 2.27. The van der Waals surface area contributed by atoms with Crippen molar-refractivity contribution in [2.45, 2.75) is 12.8 Å². The molecular formula is C17H18ClFO. The number of ether oxygens (including phenoxy) is 1. The molecule has 2 aromatic carbocycles. The molecule has 1 unspecified atom stereocenters. The topological polar surface area (TPSA) is 9.23 Å². The summed E-state index contributed by atoms with van der Waals surface area (Å²) in [7, 11) is 1.65. The summed E-state index contributed by atoms with van der Waals surface area (Å²) in [5, 5.41) is 0. The molecule has 0 aromatic heterocycles. The third kappa shape index (κ3) is 4.24. The number of hydrogen-bond donors (Lipinski definition) is 0. The van der Waals surface area contributed by atoms with E-state index in [2.05, 4.69) is 0 Å². The molecule has 0 amide bonds. The molecule has 0 heterocycles. The Kier molecular flexibility index (Phi) is 5.42. The van der Waals surface area contributed by atoms with E-state index in [1.807, 2.05) is 30.3 Å². The lowest BCUT2D eigenvalue weighted by Gasteiger charge is -2.14. The third-order valence-corrected chi connectivity index (χ3v) is 3.75. The van der Waals surface area contributed by atoms with Gasteiger partial charge in [-0.2, -0.15) is 0 Å². The van der Waals surface area contributed by atoms with Crippen molar-refractivity contribution >= 4 is 11.6 Å². The van der Waals surface area contributed by atoms with Gasteiger partial charge in [-0.1, -0.05) is 24.3 Å². The van der Waals surface area contributed by atoms with Gasteiger partial charge in [-0.3, -0.25) is 0 Å². The molecule has 1 atom stereocenters. The number of rotatable bonds is 6. The zero-order valence-corrected chi connectivity index (χ0v) is 12.2. The molecule has 0 saturated carbocycles. The van der Waals surface area contributed by atoms with E-state index < -0.39 is 0 Å². The van der Waals surface area contributed by atoms with Crippen LogP contribution in [0.15, 0.2) is 48.5 Å². The molecule has 0 saturated heterocycles. The summed E-state index contributed by atoms with van der Waals surface area (Å²) >= 11 is 6.05. The second kappa shape index (κ2) is 7.30. The summed E-state index contributed by atoms with van der Waals surface area (Å²) in [4.78, 5) is 0. The van der Waals surface area contributed by atoms with Crippen LogP contribution in [-0.4, -0.2) is 13.0 Å². The average Bonchev–Trinajstić information content (AvgIpc) is 2.47. The van der Waals surface area contributed by atoms with Gasteiger partial charge in [0.25, 0.3) is 0 Å². The van der Waals surface area contributed by atoms with Gasteiger partial charge in [0.05, 0.1) is 7.11 Å². The van der Waals surface area contributed by atoms with Gasteiger partial charge in [0.1, 0.15) is 11.6 Å². The predicted octanol–water partition coefficient (Wildman–Crippen LogP) is 4.47. The predicted molar refractivity (Wildman–Crippen MR) is 81.0 cm³/mol. The smallest absolute Gasteiger partial charge is 0.123 e. The first kappa shape index (κ1) is 14.9. The lowest BCUT2D eigenvalue weighted by atomic mass is 9.94. The van der Waals surface area contributed by atoms with Gasteiger partial charge >= 0.3 is 0 Å². The van der Waals surface area contributed by atoms with Crippen molar-refractivity contribution < 1.29 is 9.13 Å². The number of alkyl halides is 1. The van der Waals surface area contributed by atoms with E-state index in [0.717, 1.165) is 24.2 Å². The molecule has 3 heteroatoms. The second-order valence-corrected chi connectivity index (χ2v) is 5.22. The molecule has 0 aliphatic heterocycles. The van der Waals surface area contributed by atoms with Gasteiger partial charge in [-0.25, -0.2) is 4.39 Å². The molecule has 106 valence electrons. The summed E-state index contributed by atoms with van der Waals surface area (Å²) < 4.78 is 18.3. The van der Waals surface area contributed by atoms with Gasteiger partial charge in [-0.15, -0.1) is 11.6 Å². The van der Waals surface area contributed by atoms with Gasteiger partial charge < -0.3 is 4.74 Å². The molecule has 0 radical (unpaired) electrons. The summed E-state index contributed by atoms with van der Waals surface area (Å²) in [5.41, 5.74) is 2.21. The Morgan fingerprint density at radius 2 is 1.75 bits per heavy atom. The minimum absolute atomic E-state index is 0.194. The fourth-order valence-corrected chi connectivity index (χ4v) is 2.49. The number of halogens is 2. The van der Waals surface area contributed by atoms with Crippen LogP contribution in [0.4, 0.5) is 4.39 Å². The number of methoxy groups -OCH3 is 1. The first-order valence-electron chi connectivity index (χ1n) is 6.64. The summed E-state index contributed by atoms with van der Waals surface area (Å²) in [6.07, 6.45) is 1.66. The van der Waals surface area contributed by atoms with Gasteiger partial charge in [0.2, 0.25) is 0 Å². The molecule has 1 nitrogen and oxygen atoms in total. The Labute approximate surface area is 124 Å². The van der Waals surface area contributed by atoms with Crippen LogP contribution < -0.4 is 4.74 Å². The minimum atomic E-state index is -0.194. The summed E-state index contributed by atoms with van der Waals surface area (Å²) in [6, 6.07) is 14.7. The van der Waals surface area contributed by atoms with Gasteiger partial charge in [0, 0.05) is 5.88 Å². The molecule has 0 N–H and O–H groups in total. The highest BCUT2D eigenvalue weighted by atomic mass is 35.5. The Balaban J connectivity index is 2.01. The lowest BCUT2D eigenvalue weighted by Crippen LogP contribution is -2.10. The third-order valence-electron chi connectivity index (χ3n) is 3.32. The molecular weight excluding hydrogens is 275 g/mol. The summed E-state index contributed by atoms with van der Waals surface area (Å²) in [5.74, 6) is 1.51. The molecule has 0 aliphatic carbocycles.